The molecule has 0 atom stereocenters. The lowest BCUT2D eigenvalue weighted by atomic mass is 9.87. The van der Waals surface area contributed by atoms with Gasteiger partial charge >= 0.3 is 0 Å². The summed E-state index contributed by atoms with van der Waals surface area (Å²) >= 11 is 0. The van der Waals surface area contributed by atoms with Gasteiger partial charge in [-0.25, -0.2) is 0 Å². The van der Waals surface area contributed by atoms with E-state index in [4.69, 9.17) is 5.73 Å². The first-order valence-electron chi connectivity index (χ1n) is 7.50. The minimum Gasteiger partial charge on any atom is -0.342 e. The van der Waals surface area contributed by atoms with Crippen molar-refractivity contribution in [3.05, 3.63) is 35.4 Å². The lowest BCUT2D eigenvalue weighted by molar-refractivity contribution is -0.140. The van der Waals surface area contributed by atoms with E-state index in [1.807, 2.05) is 25.7 Å². The summed E-state index contributed by atoms with van der Waals surface area (Å²) in [6.07, 6.45) is 2.10. The maximum absolute atomic E-state index is 12.3. The van der Waals surface area contributed by atoms with Crippen LogP contribution in [0.1, 0.15) is 50.7 Å². The summed E-state index contributed by atoms with van der Waals surface area (Å²) < 4.78 is 0. The zero-order chi connectivity index (χ0) is 14.8. The Balaban J connectivity index is 1.99. The average molecular weight is 274 g/mol. The van der Waals surface area contributed by atoms with Gasteiger partial charge in [-0.2, -0.15) is 0 Å². The fourth-order valence-corrected chi connectivity index (χ4v) is 2.86. The van der Waals surface area contributed by atoms with E-state index in [1.54, 1.807) is 0 Å². The fourth-order valence-electron chi connectivity index (χ4n) is 2.86. The second-order valence-corrected chi connectivity index (χ2v) is 6.77. The lowest BCUT2D eigenvalue weighted by Crippen LogP contribution is -2.43. The van der Waals surface area contributed by atoms with Gasteiger partial charge in [0.05, 0.1) is 0 Å². The summed E-state index contributed by atoms with van der Waals surface area (Å²) in [7, 11) is 0. The summed E-state index contributed by atoms with van der Waals surface area (Å²) in [6, 6.07) is 8.56. The molecule has 0 saturated carbocycles. The Labute approximate surface area is 122 Å². The van der Waals surface area contributed by atoms with Gasteiger partial charge in [-0.3, -0.25) is 4.79 Å². The molecule has 0 aromatic heterocycles. The van der Waals surface area contributed by atoms with Crippen LogP contribution in [0, 0.1) is 5.41 Å². The van der Waals surface area contributed by atoms with Gasteiger partial charge in [0.15, 0.2) is 0 Å². The molecule has 1 aliphatic rings. The number of nitrogens with zero attached hydrogens (tertiary/aromatic N) is 1. The maximum atomic E-state index is 12.3. The monoisotopic (exact) mass is 274 g/mol. The Morgan fingerprint density at radius 2 is 1.95 bits per heavy atom. The highest BCUT2D eigenvalue weighted by Crippen LogP contribution is 2.30. The SMILES string of the molecule is CC(C)(C)C(=O)N1CCC(c2cccc(CN)c2)CC1. The predicted octanol–water partition coefficient (Wildman–Crippen LogP) is 2.90. The molecule has 1 saturated heterocycles. The molecule has 1 aromatic rings. The number of hydrogen-bond donors (Lipinski definition) is 1. The van der Waals surface area contributed by atoms with E-state index in [9.17, 15) is 4.79 Å². The van der Waals surface area contributed by atoms with Gasteiger partial charge in [-0.1, -0.05) is 45.0 Å². The molecule has 1 aliphatic heterocycles. The van der Waals surface area contributed by atoms with E-state index in [0.29, 0.717) is 12.5 Å². The predicted molar refractivity (Wildman–Crippen MR) is 82.3 cm³/mol. The second kappa shape index (κ2) is 5.96. The molecular weight excluding hydrogens is 248 g/mol. The number of carbonyl (C=O) groups excluding carboxylic acids is 1. The van der Waals surface area contributed by atoms with E-state index >= 15 is 0 Å². The normalized spacial score (nSPS) is 17.3. The number of piperidine rings is 1. The molecule has 1 aromatic carbocycles. The molecule has 0 spiro atoms. The molecule has 110 valence electrons. The van der Waals surface area contributed by atoms with Crippen LogP contribution in [-0.4, -0.2) is 23.9 Å². The summed E-state index contributed by atoms with van der Waals surface area (Å²) in [5.41, 5.74) is 8.00. The molecule has 0 bridgehead atoms. The highest BCUT2D eigenvalue weighted by atomic mass is 16.2. The Morgan fingerprint density at radius 1 is 1.30 bits per heavy atom. The van der Waals surface area contributed by atoms with Crippen LogP contribution in [0.5, 0.6) is 0 Å². The third-order valence-corrected chi connectivity index (χ3v) is 4.08. The zero-order valence-corrected chi connectivity index (χ0v) is 12.9. The van der Waals surface area contributed by atoms with Crippen molar-refractivity contribution in [2.24, 2.45) is 11.1 Å². The van der Waals surface area contributed by atoms with Gasteiger partial charge in [-0.05, 0) is 29.9 Å². The summed E-state index contributed by atoms with van der Waals surface area (Å²) in [6.45, 7) is 8.31. The van der Waals surface area contributed by atoms with Crippen molar-refractivity contribution in [1.29, 1.82) is 0 Å². The topological polar surface area (TPSA) is 46.3 Å². The van der Waals surface area contributed by atoms with Crippen LogP contribution in [0.2, 0.25) is 0 Å². The van der Waals surface area contributed by atoms with Crippen LogP contribution in [0.3, 0.4) is 0 Å². The first-order chi connectivity index (χ1) is 9.41. The van der Waals surface area contributed by atoms with E-state index in [2.05, 4.69) is 24.3 Å². The fraction of sp³-hybridized carbons (Fsp3) is 0.588. The van der Waals surface area contributed by atoms with Crippen molar-refractivity contribution in [3.63, 3.8) is 0 Å². The summed E-state index contributed by atoms with van der Waals surface area (Å²) in [5, 5.41) is 0. The van der Waals surface area contributed by atoms with Crippen LogP contribution in [0.15, 0.2) is 24.3 Å². The Hall–Kier alpha value is -1.35. The molecule has 0 radical (unpaired) electrons. The molecule has 1 fully saturated rings. The van der Waals surface area contributed by atoms with Crippen molar-refractivity contribution in [1.82, 2.24) is 4.90 Å². The number of rotatable bonds is 2. The van der Waals surface area contributed by atoms with Crippen LogP contribution in [0.25, 0.3) is 0 Å². The first-order valence-corrected chi connectivity index (χ1v) is 7.50. The molecule has 2 N–H and O–H groups in total. The third-order valence-electron chi connectivity index (χ3n) is 4.08. The Morgan fingerprint density at radius 3 is 2.50 bits per heavy atom. The number of benzene rings is 1. The molecule has 3 heteroatoms. The van der Waals surface area contributed by atoms with Crippen LogP contribution >= 0.6 is 0 Å². The standard InChI is InChI=1S/C17H26N2O/c1-17(2,3)16(20)19-9-7-14(8-10-19)15-6-4-5-13(11-15)12-18/h4-6,11,14H,7-10,12,18H2,1-3H3. The van der Waals surface area contributed by atoms with Crippen LogP contribution < -0.4 is 5.73 Å². The van der Waals surface area contributed by atoms with Gasteiger partial charge in [0.25, 0.3) is 0 Å². The maximum Gasteiger partial charge on any atom is 0.227 e. The Bertz CT molecular complexity index is 468. The van der Waals surface area contributed by atoms with Crippen molar-refractivity contribution >= 4 is 5.91 Å². The Kier molecular flexibility index (Phi) is 4.48. The minimum absolute atomic E-state index is 0.270. The van der Waals surface area contributed by atoms with E-state index < -0.39 is 0 Å². The molecule has 0 unspecified atom stereocenters. The quantitative estimate of drug-likeness (QED) is 0.901. The van der Waals surface area contributed by atoms with Gasteiger partial charge < -0.3 is 10.6 Å². The lowest BCUT2D eigenvalue weighted by Gasteiger charge is -2.36. The minimum atomic E-state index is -0.272. The summed E-state index contributed by atoms with van der Waals surface area (Å²) in [5.74, 6) is 0.831. The van der Waals surface area contributed by atoms with Crippen molar-refractivity contribution in [2.75, 3.05) is 13.1 Å². The zero-order valence-electron chi connectivity index (χ0n) is 12.9. The second-order valence-electron chi connectivity index (χ2n) is 6.77. The van der Waals surface area contributed by atoms with Crippen LogP contribution in [-0.2, 0) is 11.3 Å². The smallest absolute Gasteiger partial charge is 0.227 e. The van der Waals surface area contributed by atoms with Crippen molar-refractivity contribution in [2.45, 2.75) is 46.1 Å². The molecule has 1 amide bonds. The first kappa shape index (κ1) is 15.0. The number of likely N-dealkylation sites (tertiary alicyclic amines) is 1. The van der Waals surface area contributed by atoms with E-state index in [1.165, 1.54) is 11.1 Å². The van der Waals surface area contributed by atoms with Crippen molar-refractivity contribution in [3.8, 4) is 0 Å². The van der Waals surface area contributed by atoms with Gasteiger partial charge in [0.1, 0.15) is 0 Å². The molecule has 0 aliphatic carbocycles. The molecule has 2 rings (SSSR count). The van der Waals surface area contributed by atoms with Gasteiger partial charge in [-0.15, -0.1) is 0 Å². The molecule has 3 nitrogen and oxygen atoms in total. The number of hydrogen-bond acceptors (Lipinski definition) is 2. The van der Waals surface area contributed by atoms with Crippen molar-refractivity contribution < 1.29 is 4.79 Å². The molecule has 1 heterocycles. The number of nitrogens with two attached hydrogens (primary N) is 1. The highest BCUT2D eigenvalue weighted by Gasteiger charge is 2.30. The molecular formula is C17H26N2O. The van der Waals surface area contributed by atoms with E-state index in [-0.39, 0.29) is 11.3 Å². The summed E-state index contributed by atoms with van der Waals surface area (Å²) in [4.78, 5) is 14.3. The average Bonchev–Trinajstić information content (AvgIpc) is 2.46. The van der Waals surface area contributed by atoms with Gasteiger partial charge in [0.2, 0.25) is 5.91 Å². The molecule has 20 heavy (non-hydrogen) atoms. The highest BCUT2D eigenvalue weighted by molar-refractivity contribution is 5.81. The van der Waals surface area contributed by atoms with E-state index in [0.717, 1.165) is 25.9 Å². The van der Waals surface area contributed by atoms with Gasteiger partial charge in [0, 0.05) is 25.0 Å². The largest absolute Gasteiger partial charge is 0.342 e. The van der Waals surface area contributed by atoms with Crippen LogP contribution in [0.4, 0.5) is 0 Å². The third kappa shape index (κ3) is 3.40. The number of amides is 1. The number of carbonyl (C=O) groups is 1.